The molecule has 0 spiro atoms. The predicted octanol–water partition coefficient (Wildman–Crippen LogP) is 4.82. The maximum atomic E-state index is 12.5. The molecule has 5 heteroatoms. The Bertz CT molecular complexity index is 996. The molecule has 0 radical (unpaired) electrons. The Hall–Kier alpha value is -3.60. The van der Waals surface area contributed by atoms with Crippen molar-refractivity contribution in [3.63, 3.8) is 0 Å². The van der Waals surface area contributed by atoms with Gasteiger partial charge in [-0.05, 0) is 49.7 Å². The molecule has 28 heavy (non-hydrogen) atoms. The molecule has 2 amide bonds. The van der Waals surface area contributed by atoms with Gasteiger partial charge >= 0.3 is 0 Å². The Morgan fingerprint density at radius 1 is 0.750 bits per heavy atom. The van der Waals surface area contributed by atoms with Crippen LogP contribution in [0.3, 0.4) is 0 Å². The summed E-state index contributed by atoms with van der Waals surface area (Å²) >= 11 is 0. The lowest BCUT2D eigenvalue weighted by Crippen LogP contribution is -2.15. The van der Waals surface area contributed by atoms with Crippen LogP contribution in [0.2, 0.25) is 0 Å². The number of hydrogen-bond donors (Lipinski definition) is 2. The van der Waals surface area contributed by atoms with Gasteiger partial charge in [0.2, 0.25) is 0 Å². The topological polar surface area (TPSA) is 67.4 Å². The van der Waals surface area contributed by atoms with E-state index in [-0.39, 0.29) is 11.8 Å². The second kappa shape index (κ2) is 8.39. The van der Waals surface area contributed by atoms with Crippen molar-refractivity contribution in [2.45, 2.75) is 13.8 Å². The van der Waals surface area contributed by atoms with Gasteiger partial charge in [-0.2, -0.15) is 0 Å². The lowest BCUT2D eigenvalue weighted by atomic mass is 10.1. The molecule has 0 aliphatic carbocycles. The van der Waals surface area contributed by atoms with E-state index in [9.17, 15) is 9.59 Å². The van der Waals surface area contributed by atoms with Crippen LogP contribution in [0, 0.1) is 13.8 Å². The number of ether oxygens (including phenoxy) is 1. The molecule has 3 aromatic carbocycles. The molecule has 3 rings (SSSR count). The van der Waals surface area contributed by atoms with Crippen LogP contribution >= 0.6 is 0 Å². The van der Waals surface area contributed by atoms with E-state index in [1.807, 2.05) is 44.2 Å². The summed E-state index contributed by atoms with van der Waals surface area (Å²) in [5, 5.41) is 5.76. The predicted molar refractivity (Wildman–Crippen MR) is 111 cm³/mol. The van der Waals surface area contributed by atoms with Crippen LogP contribution in [-0.2, 0) is 0 Å². The number of rotatable bonds is 5. The lowest BCUT2D eigenvalue weighted by molar-refractivity contribution is 0.101. The summed E-state index contributed by atoms with van der Waals surface area (Å²) in [6, 6.07) is 19.8. The number of nitrogens with one attached hydrogen (secondary N) is 2. The number of anilines is 2. The van der Waals surface area contributed by atoms with Crippen molar-refractivity contribution in [3.8, 4) is 5.75 Å². The molecule has 0 saturated carbocycles. The highest BCUT2D eigenvalue weighted by molar-refractivity contribution is 6.07. The number of amides is 2. The maximum absolute atomic E-state index is 12.5. The summed E-state index contributed by atoms with van der Waals surface area (Å²) in [6.07, 6.45) is 0. The van der Waals surface area contributed by atoms with E-state index in [4.69, 9.17) is 4.74 Å². The molecule has 142 valence electrons. The first-order chi connectivity index (χ1) is 13.5. The molecule has 0 fully saturated rings. The van der Waals surface area contributed by atoms with Crippen LogP contribution in [0.4, 0.5) is 11.4 Å². The van der Waals surface area contributed by atoms with Gasteiger partial charge in [0.15, 0.2) is 0 Å². The molecular formula is C23H22N2O3. The third kappa shape index (κ3) is 4.38. The second-order valence-corrected chi connectivity index (χ2v) is 6.51. The summed E-state index contributed by atoms with van der Waals surface area (Å²) in [6.45, 7) is 3.83. The highest BCUT2D eigenvalue weighted by Gasteiger charge is 2.14. The molecular weight excluding hydrogens is 352 g/mol. The summed E-state index contributed by atoms with van der Waals surface area (Å²) in [5.41, 5.74) is 4.19. The molecule has 3 aromatic rings. The molecule has 0 aromatic heterocycles. The Morgan fingerprint density at radius 2 is 1.32 bits per heavy atom. The smallest absolute Gasteiger partial charge is 0.255 e. The zero-order chi connectivity index (χ0) is 20.1. The van der Waals surface area contributed by atoms with Gasteiger partial charge < -0.3 is 15.4 Å². The van der Waals surface area contributed by atoms with Crippen molar-refractivity contribution in [2.24, 2.45) is 0 Å². The summed E-state index contributed by atoms with van der Waals surface area (Å²) in [4.78, 5) is 24.9. The quantitative estimate of drug-likeness (QED) is 0.673. The number of benzene rings is 3. The van der Waals surface area contributed by atoms with Crippen molar-refractivity contribution < 1.29 is 14.3 Å². The first-order valence-corrected chi connectivity index (χ1v) is 8.91. The highest BCUT2D eigenvalue weighted by atomic mass is 16.5. The lowest BCUT2D eigenvalue weighted by Gasteiger charge is -2.15. The molecule has 0 atom stereocenters. The minimum atomic E-state index is -0.223. The normalized spacial score (nSPS) is 10.2. The van der Waals surface area contributed by atoms with Crippen LogP contribution < -0.4 is 15.4 Å². The Balaban J connectivity index is 1.82. The summed E-state index contributed by atoms with van der Waals surface area (Å²) < 4.78 is 5.42. The monoisotopic (exact) mass is 374 g/mol. The largest absolute Gasteiger partial charge is 0.494 e. The molecule has 0 bridgehead atoms. The number of carbonyl (C=O) groups excluding carboxylic acids is 2. The first kappa shape index (κ1) is 19.2. The van der Waals surface area contributed by atoms with Crippen LogP contribution in [0.15, 0.2) is 66.7 Å². The Labute approximate surface area is 164 Å². The molecule has 5 nitrogen and oxygen atoms in total. The van der Waals surface area contributed by atoms with E-state index < -0.39 is 0 Å². The number of carbonyl (C=O) groups is 2. The fourth-order valence-corrected chi connectivity index (χ4v) is 2.77. The zero-order valence-corrected chi connectivity index (χ0v) is 16.1. The Morgan fingerprint density at radius 3 is 1.93 bits per heavy atom. The van der Waals surface area contributed by atoms with Gasteiger partial charge in [0, 0.05) is 22.9 Å². The minimum Gasteiger partial charge on any atom is -0.494 e. The van der Waals surface area contributed by atoms with Gasteiger partial charge in [-0.15, -0.1) is 0 Å². The number of hydrogen-bond acceptors (Lipinski definition) is 3. The van der Waals surface area contributed by atoms with Crippen LogP contribution in [0.5, 0.6) is 5.75 Å². The Kier molecular flexibility index (Phi) is 5.75. The maximum Gasteiger partial charge on any atom is 0.255 e. The van der Waals surface area contributed by atoms with Crippen molar-refractivity contribution in [2.75, 3.05) is 17.7 Å². The van der Waals surface area contributed by atoms with Gasteiger partial charge in [-0.25, -0.2) is 0 Å². The van der Waals surface area contributed by atoms with E-state index in [1.54, 1.807) is 36.4 Å². The number of methoxy groups -OCH3 is 1. The molecule has 2 N–H and O–H groups in total. The summed E-state index contributed by atoms with van der Waals surface area (Å²) in [7, 11) is 1.52. The van der Waals surface area contributed by atoms with Gasteiger partial charge in [-0.3, -0.25) is 9.59 Å². The summed E-state index contributed by atoms with van der Waals surface area (Å²) in [5.74, 6) is 0.0374. The van der Waals surface area contributed by atoms with Crippen LogP contribution in [0.1, 0.15) is 31.8 Å². The number of aryl methyl sites for hydroxylation is 2. The van der Waals surface area contributed by atoms with E-state index in [0.29, 0.717) is 28.3 Å². The first-order valence-electron chi connectivity index (χ1n) is 8.91. The standard InChI is InChI=1S/C23H22N2O3/c1-15-9-11-18(12-10-15)23(27)25-20-13-16(2)19(14-21(20)28-3)24-22(26)17-7-5-4-6-8-17/h4-14H,1-3H3,(H,24,26)(H,25,27). The van der Waals surface area contributed by atoms with E-state index in [0.717, 1.165) is 11.1 Å². The molecule has 0 aliphatic rings. The fourth-order valence-electron chi connectivity index (χ4n) is 2.77. The van der Waals surface area contributed by atoms with E-state index >= 15 is 0 Å². The van der Waals surface area contributed by atoms with Crippen molar-refractivity contribution in [1.29, 1.82) is 0 Å². The average molecular weight is 374 g/mol. The second-order valence-electron chi connectivity index (χ2n) is 6.51. The molecule has 0 saturated heterocycles. The van der Waals surface area contributed by atoms with Crippen molar-refractivity contribution >= 4 is 23.2 Å². The van der Waals surface area contributed by atoms with Gasteiger partial charge in [0.25, 0.3) is 11.8 Å². The third-order valence-corrected chi connectivity index (χ3v) is 4.39. The SMILES string of the molecule is COc1cc(NC(=O)c2ccccc2)c(C)cc1NC(=O)c1ccc(C)cc1. The van der Waals surface area contributed by atoms with Crippen LogP contribution in [0.25, 0.3) is 0 Å². The van der Waals surface area contributed by atoms with Crippen molar-refractivity contribution in [3.05, 3.63) is 89.0 Å². The highest BCUT2D eigenvalue weighted by Crippen LogP contribution is 2.32. The average Bonchev–Trinajstić information content (AvgIpc) is 2.71. The van der Waals surface area contributed by atoms with Gasteiger partial charge in [0.05, 0.1) is 12.8 Å². The minimum absolute atomic E-state index is 0.206. The van der Waals surface area contributed by atoms with E-state index in [2.05, 4.69) is 10.6 Å². The third-order valence-electron chi connectivity index (χ3n) is 4.39. The fraction of sp³-hybridized carbons (Fsp3) is 0.130. The van der Waals surface area contributed by atoms with E-state index in [1.165, 1.54) is 7.11 Å². The molecule has 0 heterocycles. The zero-order valence-electron chi connectivity index (χ0n) is 16.1. The van der Waals surface area contributed by atoms with Crippen LogP contribution in [-0.4, -0.2) is 18.9 Å². The molecule has 0 aliphatic heterocycles. The van der Waals surface area contributed by atoms with Crippen molar-refractivity contribution in [1.82, 2.24) is 0 Å². The van der Waals surface area contributed by atoms with Gasteiger partial charge in [0.1, 0.15) is 5.75 Å². The molecule has 0 unspecified atom stereocenters. The van der Waals surface area contributed by atoms with Gasteiger partial charge in [-0.1, -0.05) is 35.9 Å².